The van der Waals surface area contributed by atoms with Gasteiger partial charge in [-0.1, -0.05) is 46.3 Å². The molecule has 10 atom stereocenters. The van der Waals surface area contributed by atoms with E-state index in [0.29, 0.717) is 16.9 Å². The highest BCUT2D eigenvalue weighted by Gasteiger charge is 2.58. The van der Waals surface area contributed by atoms with Crippen LogP contribution in [0, 0.1) is 52.3 Å². The second-order valence-electron chi connectivity index (χ2n) is 13.5. The molecule has 0 amide bonds. The maximum absolute atomic E-state index is 6.40. The summed E-state index contributed by atoms with van der Waals surface area (Å²) in [5, 5.41) is 3.89. The maximum Gasteiger partial charge on any atom is 0.0101 e. The highest BCUT2D eigenvalue weighted by atomic mass is 15.0. The van der Waals surface area contributed by atoms with Gasteiger partial charge in [0.05, 0.1) is 0 Å². The van der Waals surface area contributed by atoms with Gasteiger partial charge in [0.2, 0.25) is 0 Å². The van der Waals surface area contributed by atoms with Crippen molar-refractivity contribution in [1.82, 2.24) is 5.32 Å². The third kappa shape index (κ3) is 3.58. The van der Waals surface area contributed by atoms with Crippen LogP contribution in [-0.2, 0) is 0 Å². The van der Waals surface area contributed by atoms with Crippen molar-refractivity contribution < 1.29 is 0 Å². The first kappa shape index (κ1) is 22.5. The lowest BCUT2D eigenvalue weighted by molar-refractivity contribution is -0.0126. The molecule has 5 aliphatic rings. The van der Waals surface area contributed by atoms with Gasteiger partial charge in [-0.15, -0.1) is 0 Å². The van der Waals surface area contributed by atoms with Crippen molar-refractivity contribution >= 4 is 0 Å². The van der Waals surface area contributed by atoms with E-state index < -0.39 is 0 Å². The van der Waals surface area contributed by atoms with Crippen LogP contribution < -0.4 is 11.1 Å². The summed E-state index contributed by atoms with van der Waals surface area (Å²) in [5.74, 6) is 6.03. The number of hydrogen-bond acceptors (Lipinski definition) is 2. The Labute approximate surface area is 192 Å². The second-order valence-corrected chi connectivity index (χ2v) is 13.5. The van der Waals surface area contributed by atoms with Gasteiger partial charge < -0.3 is 11.1 Å². The number of nitrogens with one attached hydrogen (secondary N) is 1. The molecule has 0 radical (unpaired) electrons. The van der Waals surface area contributed by atoms with Gasteiger partial charge in [0.15, 0.2) is 0 Å². The quantitative estimate of drug-likeness (QED) is 0.500. The van der Waals surface area contributed by atoms with E-state index >= 15 is 0 Å². The number of allylic oxidation sites excluding steroid dienone is 2. The average Bonchev–Trinajstić information content (AvgIpc) is 3.32. The number of hydrogen-bond donors (Lipinski definition) is 2. The molecule has 176 valence electrons. The normalized spacial score (nSPS) is 50.5. The standard InChI is InChI=1S/C29H50N2/c1-18(2)22-12-15-31-27(22)16-19(3)24-8-9-25-23-7-6-20-17-21(30)10-13-28(20,4)26(23)11-14-29(24,25)5/h7,18-22,24-27,31H,6,8-17,30H2,1-5H3/t19-,20+,21-,22-,24-,25+,26+,27-,28+,29-/m1/s1. The van der Waals surface area contributed by atoms with E-state index in [0.717, 1.165) is 47.5 Å². The molecule has 3 saturated carbocycles. The average molecular weight is 427 g/mol. The molecule has 3 N–H and O–H groups in total. The fourth-order valence-electron chi connectivity index (χ4n) is 9.93. The maximum atomic E-state index is 6.40. The van der Waals surface area contributed by atoms with Crippen molar-refractivity contribution in [3.63, 3.8) is 0 Å². The zero-order valence-electron chi connectivity index (χ0n) is 21.1. The summed E-state index contributed by atoms with van der Waals surface area (Å²) < 4.78 is 0. The molecule has 1 aliphatic heterocycles. The fraction of sp³-hybridized carbons (Fsp3) is 0.931. The van der Waals surface area contributed by atoms with Gasteiger partial charge in [0.25, 0.3) is 0 Å². The van der Waals surface area contributed by atoms with Gasteiger partial charge in [-0.2, -0.15) is 0 Å². The van der Waals surface area contributed by atoms with Gasteiger partial charge in [0, 0.05) is 12.1 Å². The summed E-state index contributed by atoms with van der Waals surface area (Å²) in [7, 11) is 0. The zero-order chi connectivity index (χ0) is 22.0. The minimum atomic E-state index is 0.456. The van der Waals surface area contributed by atoms with E-state index in [4.69, 9.17) is 5.73 Å². The van der Waals surface area contributed by atoms with E-state index in [-0.39, 0.29) is 0 Å². The Balaban J connectivity index is 1.33. The molecule has 0 aromatic heterocycles. The summed E-state index contributed by atoms with van der Waals surface area (Å²) in [5.41, 5.74) is 9.38. The highest BCUT2D eigenvalue weighted by Crippen LogP contribution is 2.67. The first-order valence-electron chi connectivity index (χ1n) is 13.9. The Morgan fingerprint density at radius 1 is 1.00 bits per heavy atom. The number of nitrogens with two attached hydrogens (primary N) is 1. The van der Waals surface area contributed by atoms with Crippen molar-refractivity contribution in [2.75, 3.05) is 6.54 Å². The minimum absolute atomic E-state index is 0.456. The van der Waals surface area contributed by atoms with Crippen molar-refractivity contribution in [2.45, 2.75) is 111 Å². The van der Waals surface area contributed by atoms with E-state index in [1.807, 2.05) is 5.57 Å². The second kappa shape index (κ2) is 8.15. The number of rotatable bonds is 4. The predicted molar refractivity (Wildman–Crippen MR) is 132 cm³/mol. The smallest absolute Gasteiger partial charge is 0.0101 e. The third-order valence-electron chi connectivity index (χ3n) is 11.8. The van der Waals surface area contributed by atoms with Gasteiger partial charge >= 0.3 is 0 Å². The van der Waals surface area contributed by atoms with E-state index in [2.05, 4.69) is 46.0 Å². The molecule has 4 aliphatic carbocycles. The topological polar surface area (TPSA) is 38.0 Å². The largest absolute Gasteiger partial charge is 0.328 e. The summed E-state index contributed by atoms with van der Waals surface area (Å²) in [4.78, 5) is 0. The van der Waals surface area contributed by atoms with Crippen molar-refractivity contribution in [3.8, 4) is 0 Å². The molecule has 0 spiro atoms. The van der Waals surface area contributed by atoms with Crippen LogP contribution in [0.2, 0.25) is 0 Å². The molecule has 5 rings (SSSR count). The van der Waals surface area contributed by atoms with Crippen molar-refractivity contribution in [2.24, 2.45) is 58.0 Å². The first-order valence-corrected chi connectivity index (χ1v) is 13.9. The Hall–Kier alpha value is -0.340. The van der Waals surface area contributed by atoms with E-state index in [1.165, 1.54) is 70.8 Å². The Morgan fingerprint density at radius 3 is 2.52 bits per heavy atom. The predicted octanol–water partition coefficient (Wildman–Crippen LogP) is 6.55. The number of fused-ring (bicyclic) bond motifs is 5. The monoisotopic (exact) mass is 426 g/mol. The molecule has 0 aromatic rings. The molecule has 1 heterocycles. The van der Waals surface area contributed by atoms with Gasteiger partial charge in [-0.25, -0.2) is 0 Å². The van der Waals surface area contributed by atoms with Crippen LogP contribution in [0.15, 0.2) is 11.6 Å². The zero-order valence-corrected chi connectivity index (χ0v) is 21.1. The Kier molecular flexibility index (Phi) is 5.91. The lowest BCUT2D eigenvalue weighted by atomic mass is 9.47. The van der Waals surface area contributed by atoms with Crippen molar-refractivity contribution in [1.29, 1.82) is 0 Å². The van der Waals surface area contributed by atoms with Crippen LogP contribution in [0.25, 0.3) is 0 Å². The molecular weight excluding hydrogens is 376 g/mol. The molecule has 1 saturated heterocycles. The molecule has 0 aromatic carbocycles. The summed E-state index contributed by atoms with van der Waals surface area (Å²) in [6, 6.07) is 1.21. The molecule has 4 fully saturated rings. The van der Waals surface area contributed by atoms with E-state index in [9.17, 15) is 0 Å². The molecule has 2 nitrogen and oxygen atoms in total. The van der Waals surface area contributed by atoms with Gasteiger partial charge in [-0.3, -0.25) is 0 Å². The highest BCUT2D eigenvalue weighted by molar-refractivity contribution is 5.27. The van der Waals surface area contributed by atoms with Crippen LogP contribution in [0.5, 0.6) is 0 Å². The van der Waals surface area contributed by atoms with Gasteiger partial charge in [-0.05, 0) is 123 Å². The van der Waals surface area contributed by atoms with Crippen LogP contribution in [0.3, 0.4) is 0 Å². The van der Waals surface area contributed by atoms with Crippen LogP contribution in [0.1, 0.15) is 98.8 Å². The lowest BCUT2D eigenvalue weighted by Crippen LogP contribution is -2.51. The van der Waals surface area contributed by atoms with E-state index in [1.54, 1.807) is 0 Å². The Morgan fingerprint density at radius 2 is 1.74 bits per heavy atom. The summed E-state index contributed by atoms with van der Waals surface area (Å²) in [6.45, 7) is 14.1. The first-order chi connectivity index (χ1) is 14.7. The SMILES string of the molecule is CC(C)[C@H]1CCN[C@@H]1C[C@@H](C)[C@H]1CC[C@H]2C3=CC[C@H]4C[C@H](N)CC[C@]4(C)[C@H]3CC[C@]12C. The molecular formula is C29H50N2. The molecule has 2 heteroatoms. The van der Waals surface area contributed by atoms with Crippen LogP contribution >= 0.6 is 0 Å². The summed E-state index contributed by atoms with van der Waals surface area (Å²) in [6.07, 6.45) is 16.6. The molecule has 0 bridgehead atoms. The van der Waals surface area contributed by atoms with Gasteiger partial charge in [0.1, 0.15) is 0 Å². The fourth-order valence-corrected chi connectivity index (χ4v) is 9.93. The molecule has 0 unspecified atom stereocenters. The van der Waals surface area contributed by atoms with Crippen molar-refractivity contribution in [3.05, 3.63) is 11.6 Å². The molecule has 31 heavy (non-hydrogen) atoms. The summed E-state index contributed by atoms with van der Waals surface area (Å²) >= 11 is 0. The third-order valence-corrected chi connectivity index (χ3v) is 11.8. The van der Waals surface area contributed by atoms with Crippen LogP contribution in [-0.4, -0.2) is 18.6 Å². The van der Waals surface area contributed by atoms with Crippen LogP contribution in [0.4, 0.5) is 0 Å². The lowest BCUT2D eigenvalue weighted by Gasteiger charge is -2.58. The Bertz CT molecular complexity index is 697. The minimum Gasteiger partial charge on any atom is -0.328 e.